The highest BCUT2D eigenvalue weighted by molar-refractivity contribution is 7.92. The molecule has 0 radical (unpaired) electrons. The van der Waals surface area contributed by atoms with Crippen LogP contribution in [0.3, 0.4) is 0 Å². The van der Waals surface area contributed by atoms with Gasteiger partial charge >= 0.3 is 5.97 Å². The number of sulfonamides is 1. The Kier molecular flexibility index (Phi) is 6.52. The lowest BCUT2D eigenvalue weighted by atomic mass is 10.2. The van der Waals surface area contributed by atoms with Gasteiger partial charge in [-0.05, 0) is 49.4 Å². The van der Waals surface area contributed by atoms with Gasteiger partial charge in [-0.25, -0.2) is 13.2 Å². The number of rotatable bonds is 5. The van der Waals surface area contributed by atoms with E-state index in [0.29, 0.717) is 22.0 Å². The summed E-state index contributed by atoms with van der Waals surface area (Å²) in [4.78, 5) is 24.5. The molecule has 1 N–H and O–H groups in total. The van der Waals surface area contributed by atoms with Crippen molar-refractivity contribution >= 4 is 44.9 Å². The van der Waals surface area contributed by atoms with Gasteiger partial charge in [0.1, 0.15) is 5.75 Å². The number of halogens is 1. The highest BCUT2D eigenvalue weighted by Gasteiger charge is 2.31. The molecule has 0 fully saturated rings. The van der Waals surface area contributed by atoms with Crippen molar-refractivity contribution in [3.05, 3.63) is 53.1 Å². The SMILES string of the molecule is CCOC(=O)c1ccc(NC(=O)C2CCN(S(C)(=O)=O)c3cc(Cl)ccc3O2)cc1. The number of ether oxygens (including phenoxy) is 2. The first kappa shape index (κ1) is 21.9. The molecule has 3 rings (SSSR count). The van der Waals surface area contributed by atoms with E-state index in [0.717, 1.165) is 6.26 Å². The first-order valence-corrected chi connectivity index (χ1v) is 11.4. The zero-order valence-corrected chi connectivity index (χ0v) is 18.0. The molecule has 30 heavy (non-hydrogen) atoms. The molecule has 0 bridgehead atoms. The van der Waals surface area contributed by atoms with Gasteiger partial charge in [0.15, 0.2) is 6.10 Å². The number of hydrogen-bond donors (Lipinski definition) is 1. The second-order valence-corrected chi connectivity index (χ2v) is 8.97. The number of carbonyl (C=O) groups is 2. The maximum absolute atomic E-state index is 12.8. The quantitative estimate of drug-likeness (QED) is 0.699. The number of nitrogens with zero attached hydrogens (tertiary/aromatic N) is 1. The van der Waals surface area contributed by atoms with E-state index in [-0.39, 0.29) is 25.3 Å². The fourth-order valence-corrected chi connectivity index (χ4v) is 4.11. The lowest BCUT2D eigenvalue weighted by Gasteiger charge is -2.21. The van der Waals surface area contributed by atoms with Crippen LogP contribution in [0.1, 0.15) is 23.7 Å². The van der Waals surface area contributed by atoms with Crippen LogP contribution in [-0.2, 0) is 19.6 Å². The molecule has 1 amide bonds. The molecule has 0 aromatic heterocycles. The normalized spacial score (nSPS) is 16.1. The molecule has 1 atom stereocenters. The Morgan fingerprint density at radius 3 is 2.57 bits per heavy atom. The molecule has 0 saturated carbocycles. The van der Waals surface area contributed by atoms with Crippen LogP contribution < -0.4 is 14.4 Å². The number of anilines is 2. The molecule has 10 heteroatoms. The van der Waals surface area contributed by atoms with E-state index in [2.05, 4.69) is 5.32 Å². The minimum absolute atomic E-state index is 0.0616. The summed E-state index contributed by atoms with van der Waals surface area (Å²) < 4.78 is 36.3. The maximum atomic E-state index is 12.8. The summed E-state index contributed by atoms with van der Waals surface area (Å²) in [6, 6.07) is 10.8. The molecular weight excluding hydrogens is 432 g/mol. The number of fused-ring (bicyclic) bond motifs is 1. The fourth-order valence-electron chi connectivity index (χ4n) is 3.01. The van der Waals surface area contributed by atoms with Crippen molar-refractivity contribution in [3.63, 3.8) is 0 Å². The zero-order valence-electron chi connectivity index (χ0n) is 16.4. The van der Waals surface area contributed by atoms with E-state index in [4.69, 9.17) is 21.1 Å². The third-order valence-corrected chi connectivity index (χ3v) is 5.82. The van der Waals surface area contributed by atoms with Crippen LogP contribution in [0.5, 0.6) is 5.75 Å². The van der Waals surface area contributed by atoms with Crippen molar-refractivity contribution in [2.24, 2.45) is 0 Å². The summed E-state index contributed by atoms with van der Waals surface area (Å²) in [6.07, 6.45) is 0.316. The minimum atomic E-state index is -3.59. The van der Waals surface area contributed by atoms with Gasteiger partial charge in [0.05, 0.1) is 24.1 Å². The first-order valence-electron chi connectivity index (χ1n) is 9.21. The molecule has 0 saturated heterocycles. The van der Waals surface area contributed by atoms with E-state index in [1.54, 1.807) is 37.3 Å². The lowest BCUT2D eigenvalue weighted by molar-refractivity contribution is -0.122. The van der Waals surface area contributed by atoms with Crippen LogP contribution in [0.15, 0.2) is 42.5 Å². The first-order chi connectivity index (χ1) is 14.2. The molecular formula is C20H21ClN2O6S. The van der Waals surface area contributed by atoms with Gasteiger partial charge in [0.2, 0.25) is 10.0 Å². The van der Waals surface area contributed by atoms with E-state index >= 15 is 0 Å². The summed E-state index contributed by atoms with van der Waals surface area (Å²) in [6.45, 7) is 2.05. The molecule has 0 spiro atoms. The lowest BCUT2D eigenvalue weighted by Crippen LogP contribution is -2.35. The second-order valence-electron chi connectivity index (χ2n) is 6.63. The molecule has 0 aliphatic carbocycles. The number of benzene rings is 2. The van der Waals surface area contributed by atoms with Crippen LogP contribution in [0.2, 0.25) is 5.02 Å². The van der Waals surface area contributed by atoms with Gasteiger partial charge in [-0.1, -0.05) is 11.6 Å². The van der Waals surface area contributed by atoms with Crippen molar-refractivity contribution in [2.45, 2.75) is 19.4 Å². The van der Waals surface area contributed by atoms with Gasteiger partial charge in [-0.3, -0.25) is 9.10 Å². The topological polar surface area (TPSA) is 102 Å². The molecule has 1 aliphatic rings. The van der Waals surface area contributed by atoms with Gasteiger partial charge in [-0.15, -0.1) is 0 Å². The Morgan fingerprint density at radius 1 is 1.23 bits per heavy atom. The summed E-state index contributed by atoms with van der Waals surface area (Å²) in [5.41, 5.74) is 1.13. The number of nitrogens with one attached hydrogen (secondary N) is 1. The van der Waals surface area contributed by atoms with Crippen LogP contribution in [-0.4, -0.2) is 45.8 Å². The van der Waals surface area contributed by atoms with Crippen LogP contribution >= 0.6 is 11.6 Å². The summed E-state index contributed by atoms with van der Waals surface area (Å²) >= 11 is 6.02. The molecule has 1 unspecified atom stereocenters. The number of esters is 1. The van der Waals surface area contributed by atoms with Crippen molar-refractivity contribution < 1.29 is 27.5 Å². The van der Waals surface area contributed by atoms with Crippen molar-refractivity contribution in [2.75, 3.05) is 29.0 Å². The predicted molar refractivity (Wildman–Crippen MR) is 114 cm³/mol. The summed E-state index contributed by atoms with van der Waals surface area (Å²) in [7, 11) is -3.59. The third kappa shape index (κ3) is 5.03. The monoisotopic (exact) mass is 452 g/mol. The highest BCUT2D eigenvalue weighted by atomic mass is 35.5. The fraction of sp³-hybridized carbons (Fsp3) is 0.300. The average molecular weight is 453 g/mol. The Hall–Kier alpha value is -2.78. The standard InChI is InChI=1S/C20H21ClN2O6S/c1-3-28-20(25)13-4-7-15(8-5-13)22-19(24)18-10-11-23(30(2,26)27)16-12-14(21)6-9-17(16)29-18/h4-9,12,18H,3,10-11H2,1-2H3,(H,22,24). The zero-order chi connectivity index (χ0) is 21.9. The summed E-state index contributed by atoms with van der Waals surface area (Å²) in [5, 5.41) is 3.08. The van der Waals surface area contributed by atoms with Crippen LogP contribution in [0.4, 0.5) is 11.4 Å². The number of carbonyl (C=O) groups excluding carboxylic acids is 2. The molecule has 1 heterocycles. The van der Waals surface area contributed by atoms with E-state index in [1.165, 1.54) is 16.4 Å². The molecule has 2 aromatic carbocycles. The van der Waals surface area contributed by atoms with E-state index in [9.17, 15) is 18.0 Å². The Bertz CT molecular complexity index is 1060. The predicted octanol–water partition coefficient (Wildman–Crippen LogP) is 3.07. The van der Waals surface area contributed by atoms with Gasteiger partial charge in [0.25, 0.3) is 5.91 Å². The van der Waals surface area contributed by atoms with Gasteiger partial charge < -0.3 is 14.8 Å². The maximum Gasteiger partial charge on any atom is 0.338 e. The molecule has 160 valence electrons. The van der Waals surface area contributed by atoms with Crippen molar-refractivity contribution in [1.29, 1.82) is 0 Å². The largest absolute Gasteiger partial charge is 0.478 e. The Labute approximate surface area is 179 Å². The second kappa shape index (κ2) is 8.93. The average Bonchev–Trinajstić information content (AvgIpc) is 2.88. The molecule has 8 nitrogen and oxygen atoms in total. The minimum Gasteiger partial charge on any atom is -0.478 e. The van der Waals surface area contributed by atoms with Gasteiger partial charge in [-0.2, -0.15) is 0 Å². The van der Waals surface area contributed by atoms with E-state index < -0.39 is 28.0 Å². The third-order valence-electron chi connectivity index (χ3n) is 4.41. The summed E-state index contributed by atoms with van der Waals surface area (Å²) in [5.74, 6) is -0.631. The van der Waals surface area contributed by atoms with Crippen molar-refractivity contribution in [1.82, 2.24) is 0 Å². The van der Waals surface area contributed by atoms with Crippen molar-refractivity contribution in [3.8, 4) is 5.75 Å². The van der Waals surface area contributed by atoms with Crippen LogP contribution in [0, 0.1) is 0 Å². The van der Waals surface area contributed by atoms with Crippen LogP contribution in [0.25, 0.3) is 0 Å². The Morgan fingerprint density at radius 2 is 1.93 bits per heavy atom. The van der Waals surface area contributed by atoms with E-state index in [1.807, 2.05) is 0 Å². The highest BCUT2D eigenvalue weighted by Crippen LogP contribution is 2.36. The molecule has 2 aromatic rings. The van der Waals surface area contributed by atoms with Gasteiger partial charge in [0, 0.05) is 23.7 Å². The smallest absolute Gasteiger partial charge is 0.338 e. The molecule has 1 aliphatic heterocycles. The Balaban J connectivity index is 1.77. The number of hydrogen-bond acceptors (Lipinski definition) is 6. The number of amides is 1.